The normalized spacial score (nSPS) is 11.4. The molecule has 0 aliphatic rings. The molecule has 17 heavy (non-hydrogen) atoms. The lowest BCUT2D eigenvalue weighted by molar-refractivity contribution is 0.181. The summed E-state index contributed by atoms with van der Waals surface area (Å²) in [5.41, 5.74) is 1.11. The van der Waals surface area contributed by atoms with Gasteiger partial charge in [-0.2, -0.15) is 0 Å². The molecule has 1 aromatic rings. The average Bonchev–Trinajstić information content (AvgIpc) is 2.61. The fourth-order valence-electron chi connectivity index (χ4n) is 1.64. The van der Waals surface area contributed by atoms with Crippen LogP contribution in [0.4, 0.5) is 0 Å². The van der Waals surface area contributed by atoms with Gasteiger partial charge in [-0.05, 0) is 18.9 Å². The highest BCUT2D eigenvalue weighted by Gasteiger charge is 2.11. The van der Waals surface area contributed by atoms with E-state index in [0.29, 0.717) is 12.5 Å². The number of hydrogen-bond acceptors (Lipinski definition) is 4. The topological polar surface area (TPSA) is 34.2 Å². The highest BCUT2D eigenvalue weighted by Crippen LogP contribution is 2.21. The van der Waals surface area contributed by atoms with Crippen molar-refractivity contribution in [2.45, 2.75) is 46.8 Å². The van der Waals surface area contributed by atoms with Crippen molar-refractivity contribution in [3.63, 3.8) is 0 Å². The Morgan fingerprint density at radius 2 is 2.18 bits per heavy atom. The molecular weight excluding hydrogens is 232 g/mol. The number of nitrogens with one attached hydrogen (secondary N) is 1. The molecule has 1 N–H and O–H groups in total. The minimum atomic E-state index is 0.623. The first kappa shape index (κ1) is 14.6. The molecule has 0 saturated heterocycles. The Balaban J connectivity index is 2.66. The Bertz CT molecular complexity index is 323. The minimum Gasteiger partial charge on any atom is -0.378 e. The third-order valence-corrected chi connectivity index (χ3v) is 3.52. The summed E-state index contributed by atoms with van der Waals surface area (Å²) in [6.07, 6.45) is 2.23. The van der Waals surface area contributed by atoms with Gasteiger partial charge in [-0.3, -0.25) is 0 Å². The molecule has 1 heterocycles. The largest absolute Gasteiger partial charge is 0.378 e. The van der Waals surface area contributed by atoms with Gasteiger partial charge in [0.25, 0.3) is 0 Å². The van der Waals surface area contributed by atoms with Gasteiger partial charge in [-0.25, -0.2) is 4.98 Å². The first-order valence-electron chi connectivity index (χ1n) is 6.34. The molecular formula is C13H24N2OS. The number of rotatable bonds is 8. The highest BCUT2D eigenvalue weighted by atomic mass is 32.1. The van der Waals surface area contributed by atoms with Crippen molar-refractivity contribution < 1.29 is 4.74 Å². The second-order valence-electron chi connectivity index (χ2n) is 4.69. The summed E-state index contributed by atoms with van der Waals surface area (Å²) in [6.45, 7) is 9.24. The molecule has 0 spiro atoms. The van der Waals surface area contributed by atoms with Crippen molar-refractivity contribution in [1.29, 1.82) is 0 Å². The monoisotopic (exact) mass is 256 g/mol. The van der Waals surface area contributed by atoms with E-state index in [0.717, 1.165) is 31.6 Å². The smallest absolute Gasteiger partial charge is 0.0935 e. The molecule has 0 saturated carbocycles. The first-order chi connectivity index (χ1) is 8.17. The van der Waals surface area contributed by atoms with Crippen LogP contribution in [0.1, 0.15) is 42.8 Å². The number of ether oxygens (including phenoxy) is 1. The third kappa shape index (κ3) is 5.15. The van der Waals surface area contributed by atoms with E-state index in [1.54, 1.807) is 7.11 Å². The fraction of sp³-hybridized carbons (Fsp3) is 0.769. The average molecular weight is 256 g/mol. The van der Waals surface area contributed by atoms with E-state index in [2.05, 4.69) is 31.1 Å². The van der Waals surface area contributed by atoms with Gasteiger partial charge in [0.1, 0.15) is 0 Å². The summed E-state index contributed by atoms with van der Waals surface area (Å²) < 4.78 is 5.21. The van der Waals surface area contributed by atoms with Crippen LogP contribution >= 0.6 is 11.3 Å². The van der Waals surface area contributed by atoms with Crippen LogP contribution in [0, 0.1) is 5.92 Å². The van der Waals surface area contributed by atoms with Gasteiger partial charge in [-0.15, -0.1) is 11.3 Å². The zero-order valence-corrected chi connectivity index (χ0v) is 12.2. The first-order valence-corrected chi connectivity index (χ1v) is 7.16. The van der Waals surface area contributed by atoms with Gasteiger partial charge in [0.05, 0.1) is 17.3 Å². The molecule has 98 valence electrons. The fourth-order valence-corrected chi connectivity index (χ4v) is 2.89. The van der Waals surface area contributed by atoms with E-state index in [9.17, 15) is 0 Å². The van der Waals surface area contributed by atoms with Crippen molar-refractivity contribution in [2.24, 2.45) is 5.92 Å². The second kappa shape index (κ2) is 7.80. The number of methoxy groups -OCH3 is 1. The quantitative estimate of drug-likeness (QED) is 0.726. The van der Waals surface area contributed by atoms with Crippen molar-refractivity contribution in [2.75, 3.05) is 13.7 Å². The van der Waals surface area contributed by atoms with Gasteiger partial charge in [0.15, 0.2) is 0 Å². The van der Waals surface area contributed by atoms with Gasteiger partial charge in [0.2, 0.25) is 0 Å². The summed E-state index contributed by atoms with van der Waals surface area (Å²) in [7, 11) is 1.73. The predicted octanol–water partition coefficient (Wildman–Crippen LogP) is 2.99. The van der Waals surface area contributed by atoms with Crippen LogP contribution in [-0.2, 0) is 24.3 Å². The molecule has 0 amide bonds. The van der Waals surface area contributed by atoms with Crippen molar-refractivity contribution in [3.8, 4) is 0 Å². The Hall–Kier alpha value is -0.450. The van der Waals surface area contributed by atoms with E-state index in [-0.39, 0.29) is 0 Å². The Morgan fingerprint density at radius 1 is 1.41 bits per heavy atom. The van der Waals surface area contributed by atoms with Crippen LogP contribution in [0.5, 0.6) is 0 Å². The SMILES string of the molecule is CCCNCc1sc(CC(C)C)nc1COC. The van der Waals surface area contributed by atoms with Crippen LogP contribution < -0.4 is 5.32 Å². The van der Waals surface area contributed by atoms with Crippen LogP contribution in [0.15, 0.2) is 0 Å². The lowest BCUT2D eigenvalue weighted by atomic mass is 10.1. The summed E-state index contributed by atoms with van der Waals surface area (Å²) in [6, 6.07) is 0. The van der Waals surface area contributed by atoms with E-state index >= 15 is 0 Å². The van der Waals surface area contributed by atoms with Gasteiger partial charge < -0.3 is 10.1 Å². The molecule has 0 aliphatic heterocycles. The molecule has 0 aromatic carbocycles. The Labute approximate surface area is 109 Å². The van der Waals surface area contributed by atoms with Crippen LogP contribution in [0.3, 0.4) is 0 Å². The van der Waals surface area contributed by atoms with Crippen molar-refractivity contribution in [1.82, 2.24) is 10.3 Å². The Kier molecular flexibility index (Phi) is 6.70. The molecule has 0 aliphatic carbocycles. The molecule has 1 aromatic heterocycles. The minimum absolute atomic E-state index is 0.623. The van der Waals surface area contributed by atoms with Crippen molar-refractivity contribution >= 4 is 11.3 Å². The third-order valence-electron chi connectivity index (χ3n) is 2.40. The van der Waals surface area contributed by atoms with Crippen LogP contribution in [0.25, 0.3) is 0 Å². The summed E-state index contributed by atoms with van der Waals surface area (Å²) in [5.74, 6) is 0.660. The lowest BCUT2D eigenvalue weighted by Crippen LogP contribution is -2.14. The summed E-state index contributed by atoms with van der Waals surface area (Å²) in [5, 5.41) is 4.67. The molecule has 0 atom stereocenters. The predicted molar refractivity (Wildman–Crippen MR) is 73.4 cm³/mol. The number of thiazole rings is 1. The Morgan fingerprint density at radius 3 is 2.76 bits per heavy atom. The standard InChI is InChI=1S/C13H24N2OS/c1-5-6-14-8-12-11(9-16-4)15-13(17-12)7-10(2)3/h10,14H,5-9H2,1-4H3. The second-order valence-corrected chi connectivity index (χ2v) is 5.85. The molecule has 0 fully saturated rings. The van der Waals surface area contributed by atoms with Gasteiger partial charge >= 0.3 is 0 Å². The number of aromatic nitrogens is 1. The van der Waals surface area contributed by atoms with Crippen LogP contribution in [0.2, 0.25) is 0 Å². The number of nitrogens with zero attached hydrogens (tertiary/aromatic N) is 1. The van der Waals surface area contributed by atoms with E-state index < -0.39 is 0 Å². The zero-order chi connectivity index (χ0) is 12.7. The maximum absolute atomic E-state index is 5.21. The van der Waals surface area contributed by atoms with E-state index in [1.807, 2.05) is 11.3 Å². The summed E-state index contributed by atoms with van der Waals surface area (Å²) >= 11 is 1.82. The molecule has 1 rings (SSSR count). The molecule has 4 heteroatoms. The molecule has 3 nitrogen and oxygen atoms in total. The van der Waals surface area contributed by atoms with Crippen LogP contribution in [-0.4, -0.2) is 18.6 Å². The number of hydrogen-bond donors (Lipinski definition) is 1. The van der Waals surface area contributed by atoms with Gasteiger partial charge in [0, 0.05) is 25.0 Å². The van der Waals surface area contributed by atoms with E-state index in [1.165, 1.54) is 9.88 Å². The highest BCUT2D eigenvalue weighted by molar-refractivity contribution is 7.11. The zero-order valence-electron chi connectivity index (χ0n) is 11.4. The van der Waals surface area contributed by atoms with Gasteiger partial charge in [-0.1, -0.05) is 20.8 Å². The molecule has 0 bridgehead atoms. The maximum Gasteiger partial charge on any atom is 0.0935 e. The molecule has 0 radical (unpaired) electrons. The van der Waals surface area contributed by atoms with E-state index in [4.69, 9.17) is 4.74 Å². The van der Waals surface area contributed by atoms with Crippen molar-refractivity contribution in [3.05, 3.63) is 15.6 Å². The summed E-state index contributed by atoms with van der Waals surface area (Å²) in [4.78, 5) is 6.00. The molecule has 0 unspecified atom stereocenters. The lowest BCUT2D eigenvalue weighted by Gasteiger charge is -2.02. The maximum atomic E-state index is 5.21.